The minimum atomic E-state index is -0.0720. The highest BCUT2D eigenvalue weighted by molar-refractivity contribution is 7.15. The summed E-state index contributed by atoms with van der Waals surface area (Å²) in [7, 11) is 1.91. The topological polar surface area (TPSA) is 88.8 Å². The lowest BCUT2D eigenvalue weighted by Crippen LogP contribution is -2.38. The highest BCUT2D eigenvalue weighted by atomic mass is 32.1. The van der Waals surface area contributed by atoms with Crippen LogP contribution in [0.2, 0.25) is 0 Å². The smallest absolute Gasteiger partial charge is 0.247 e. The van der Waals surface area contributed by atoms with Gasteiger partial charge in [-0.3, -0.25) is 9.48 Å². The zero-order valence-corrected chi connectivity index (χ0v) is 20.0. The van der Waals surface area contributed by atoms with Gasteiger partial charge in [-0.05, 0) is 53.0 Å². The molecule has 4 heterocycles. The molecule has 3 aromatic rings. The first-order valence-corrected chi connectivity index (χ1v) is 11.7. The molecule has 168 valence electrons. The number of aromatic nitrogens is 5. The molecule has 0 aliphatic carbocycles. The van der Waals surface area contributed by atoms with E-state index in [1.807, 2.05) is 62.7 Å². The van der Waals surface area contributed by atoms with Crippen LogP contribution in [-0.4, -0.2) is 42.1 Å². The Morgan fingerprint density at radius 1 is 1.22 bits per heavy atom. The van der Waals surface area contributed by atoms with Crippen molar-refractivity contribution in [3.8, 4) is 0 Å². The van der Waals surface area contributed by atoms with Gasteiger partial charge in [0.05, 0.1) is 17.4 Å². The van der Waals surface area contributed by atoms with Gasteiger partial charge >= 0.3 is 0 Å². The average molecular weight is 452 g/mol. The van der Waals surface area contributed by atoms with Gasteiger partial charge in [-0.25, -0.2) is 15.0 Å². The molecule has 0 radical (unpaired) electrons. The van der Waals surface area contributed by atoms with Crippen LogP contribution in [0.1, 0.15) is 58.7 Å². The third-order valence-corrected chi connectivity index (χ3v) is 6.63. The van der Waals surface area contributed by atoms with E-state index >= 15 is 0 Å². The van der Waals surface area contributed by atoms with E-state index in [9.17, 15) is 4.79 Å². The summed E-state index contributed by atoms with van der Waals surface area (Å²) < 4.78 is 1.84. The lowest BCUT2D eigenvalue weighted by atomic mass is 9.98. The van der Waals surface area contributed by atoms with Crippen molar-refractivity contribution in [3.63, 3.8) is 0 Å². The van der Waals surface area contributed by atoms with Crippen molar-refractivity contribution in [1.82, 2.24) is 29.6 Å². The van der Waals surface area contributed by atoms with Crippen molar-refractivity contribution < 1.29 is 4.79 Å². The molecule has 9 heteroatoms. The summed E-state index contributed by atoms with van der Waals surface area (Å²) in [5.74, 6) is 1.38. The van der Waals surface area contributed by atoms with E-state index in [1.54, 1.807) is 17.4 Å². The molecule has 1 saturated heterocycles. The number of nitrogens with one attached hydrogen (secondary N) is 1. The molecule has 32 heavy (non-hydrogen) atoms. The van der Waals surface area contributed by atoms with Crippen LogP contribution < -0.4 is 5.32 Å². The van der Waals surface area contributed by atoms with Gasteiger partial charge in [0.2, 0.25) is 5.91 Å². The van der Waals surface area contributed by atoms with Gasteiger partial charge in [-0.2, -0.15) is 5.10 Å². The summed E-state index contributed by atoms with van der Waals surface area (Å²) in [6.45, 7) is 8.59. The van der Waals surface area contributed by atoms with Gasteiger partial charge < -0.3 is 10.2 Å². The number of thiazole rings is 1. The Hall–Kier alpha value is -3.07. The fraction of sp³-hybridized carbons (Fsp3) is 0.435. The van der Waals surface area contributed by atoms with Crippen LogP contribution in [0.5, 0.6) is 0 Å². The molecule has 8 nitrogen and oxygen atoms in total. The van der Waals surface area contributed by atoms with E-state index in [4.69, 9.17) is 0 Å². The summed E-state index contributed by atoms with van der Waals surface area (Å²) in [5, 5.41) is 8.51. The maximum absolute atomic E-state index is 13.2. The number of hydrogen-bond donors (Lipinski definition) is 1. The van der Waals surface area contributed by atoms with Crippen LogP contribution in [-0.2, 0) is 11.8 Å². The van der Waals surface area contributed by atoms with Crippen molar-refractivity contribution >= 4 is 34.3 Å². The third-order valence-electron chi connectivity index (χ3n) is 5.80. The van der Waals surface area contributed by atoms with Crippen molar-refractivity contribution in [2.24, 2.45) is 7.05 Å². The monoisotopic (exact) mass is 451 g/mol. The van der Waals surface area contributed by atoms with E-state index in [2.05, 4.69) is 25.4 Å². The third kappa shape index (κ3) is 4.72. The lowest BCUT2D eigenvalue weighted by Gasteiger charge is -2.35. The second kappa shape index (κ2) is 9.20. The Morgan fingerprint density at radius 2 is 2.03 bits per heavy atom. The van der Waals surface area contributed by atoms with Crippen LogP contribution in [0.3, 0.4) is 0 Å². The summed E-state index contributed by atoms with van der Waals surface area (Å²) in [4.78, 5) is 29.8. The SMILES string of the molecule is Cc1nc(Nc2ncc(C)s2)cc([C@H]2CCCCN2C(=O)/C=C/c2c(C)nn(C)c2C)n1. The fourth-order valence-electron chi connectivity index (χ4n) is 4.13. The molecule has 1 N–H and O–H groups in total. The minimum Gasteiger partial charge on any atom is -0.331 e. The second-order valence-electron chi connectivity index (χ2n) is 8.21. The molecule has 0 bridgehead atoms. The van der Waals surface area contributed by atoms with Crippen molar-refractivity contribution in [2.45, 2.75) is 53.0 Å². The first kappa shape index (κ1) is 22.1. The zero-order chi connectivity index (χ0) is 22.8. The van der Waals surface area contributed by atoms with Gasteiger partial charge in [0.25, 0.3) is 0 Å². The van der Waals surface area contributed by atoms with Crippen molar-refractivity contribution in [1.29, 1.82) is 0 Å². The van der Waals surface area contributed by atoms with E-state index < -0.39 is 0 Å². The summed E-state index contributed by atoms with van der Waals surface area (Å²) in [6, 6.07) is 1.87. The number of carbonyl (C=O) groups is 1. The number of anilines is 2. The second-order valence-corrected chi connectivity index (χ2v) is 9.45. The van der Waals surface area contributed by atoms with Gasteiger partial charge in [-0.1, -0.05) is 0 Å². The van der Waals surface area contributed by atoms with Crippen LogP contribution in [0.4, 0.5) is 10.9 Å². The maximum atomic E-state index is 13.2. The Balaban J connectivity index is 1.57. The van der Waals surface area contributed by atoms with Crippen molar-refractivity contribution in [3.05, 3.63) is 51.7 Å². The lowest BCUT2D eigenvalue weighted by molar-refractivity contribution is -0.129. The van der Waals surface area contributed by atoms with Crippen LogP contribution in [0.15, 0.2) is 18.3 Å². The number of piperidine rings is 1. The van der Waals surface area contributed by atoms with Gasteiger partial charge in [0.1, 0.15) is 11.6 Å². The number of carbonyl (C=O) groups excluding carboxylic acids is 1. The normalized spacial score (nSPS) is 16.7. The van der Waals surface area contributed by atoms with Gasteiger partial charge in [0.15, 0.2) is 5.13 Å². The standard InChI is InChI=1S/C23H29N7OS/c1-14-13-24-23(32-14)27-21-12-19(25-17(4)26-21)20-8-6-7-11-30(20)22(31)10-9-18-15(2)28-29(5)16(18)3/h9-10,12-13,20H,6-8,11H2,1-5H3,(H,24,25,26,27)/b10-9+/t20-/m1/s1. The van der Waals surface area contributed by atoms with E-state index in [-0.39, 0.29) is 11.9 Å². The predicted octanol–water partition coefficient (Wildman–Crippen LogP) is 4.41. The molecule has 0 unspecified atom stereocenters. The molecule has 4 rings (SSSR count). The van der Waals surface area contributed by atoms with Gasteiger partial charge in [-0.15, -0.1) is 11.3 Å². The van der Waals surface area contributed by atoms with E-state index in [0.717, 1.165) is 58.5 Å². The average Bonchev–Trinajstić information content (AvgIpc) is 3.27. The van der Waals surface area contributed by atoms with Crippen LogP contribution in [0, 0.1) is 27.7 Å². The highest BCUT2D eigenvalue weighted by Crippen LogP contribution is 2.32. The quantitative estimate of drug-likeness (QED) is 0.578. The molecule has 1 aliphatic rings. The summed E-state index contributed by atoms with van der Waals surface area (Å²) >= 11 is 1.58. The maximum Gasteiger partial charge on any atom is 0.247 e. The number of rotatable bonds is 5. The Labute approximate surface area is 192 Å². The molecule has 0 saturated carbocycles. The Bertz CT molecular complexity index is 1160. The molecule has 3 aromatic heterocycles. The van der Waals surface area contributed by atoms with Crippen molar-refractivity contribution in [2.75, 3.05) is 11.9 Å². The number of amides is 1. The molecular formula is C23H29N7OS. The first-order chi connectivity index (χ1) is 15.3. The van der Waals surface area contributed by atoms with Gasteiger partial charge in [0, 0.05) is 48.1 Å². The fourth-order valence-corrected chi connectivity index (χ4v) is 4.80. The predicted molar refractivity (Wildman–Crippen MR) is 127 cm³/mol. The zero-order valence-electron chi connectivity index (χ0n) is 19.2. The number of likely N-dealkylation sites (tertiary alicyclic amines) is 1. The van der Waals surface area contributed by atoms with Crippen LogP contribution >= 0.6 is 11.3 Å². The van der Waals surface area contributed by atoms with E-state index in [0.29, 0.717) is 11.6 Å². The number of nitrogens with zero attached hydrogens (tertiary/aromatic N) is 6. The molecule has 1 atom stereocenters. The Morgan fingerprint density at radius 3 is 2.72 bits per heavy atom. The molecule has 0 spiro atoms. The molecule has 0 aromatic carbocycles. The highest BCUT2D eigenvalue weighted by Gasteiger charge is 2.28. The largest absolute Gasteiger partial charge is 0.331 e. The molecule has 1 fully saturated rings. The van der Waals surface area contributed by atoms with E-state index in [1.165, 1.54) is 0 Å². The van der Waals surface area contributed by atoms with Crippen LogP contribution in [0.25, 0.3) is 6.08 Å². The Kier molecular flexibility index (Phi) is 6.36. The number of hydrogen-bond acceptors (Lipinski definition) is 7. The first-order valence-electron chi connectivity index (χ1n) is 10.9. The minimum absolute atomic E-state index is 0.00123. The summed E-state index contributed by atoms with van der Waals surface area (Å²) in [5.41, 5.74) is 3.83. The number of aryl methyl sites for hydroxylation is 4. The summed E-state index contributed by atoms with van der Waals surface area (Å²) in [6.07, 6.45) is 8.33. The molecule has 1 amide bonds. The molecular weight excluding hydrogens is 422 g/mol. The molecule has 1 aliphatic heterocycles.